The number of aromatic nitrogens is 4. The number of hydrogen-bond acceptors (Lipinski definition) is 18. The van der Waals surface area contributed by atoms with E-state index in [1.807, 2.05) is 18.2 Å². The molecule has 2 aliphatic heterocycles. The van der Waals surface area contributed by atoms with Gasteiger partial charge in [0, 0.05) is 104 Å². The molecule has 15 N–H and O–H groups in total. The van der Waals surface area contributed by atoms with E-state index in [1.165, 1.54) is 48.1 Å². The first-order valence-electron chi connectivity index (χ1n) is 36.7. The van der Waals surface area contributed by atoms with Crippen molar-refractivity contribution in [2.24, 2.45) is 11.3 Å². The van der Waals surface area contributed by atoms with Gasteiger partial charge in [-0.05, 0) is 121 Å². The van der Waals surface area contributed by atoms with E-state index in [2.05, 4.69) is 79.2 Å². The average Bonchev–Trinajstić information content (AvgIpc) is 1.64. The van der Waals surface area contributed by atoms with Gasteiger partial charge in [0.1, 0.15) is 71.4 Å². The minimum Gasteiger partial charge on any atom is -0.508 e. The molecule has 32 heteroatoms. The molecule has 2 aromatic carbocycles. The summed E-state index contributed by atoms with van der Waals surface area (Å²) in [7, 11) is 0. The van der Waals surface area contributed by atoms with Crippen LogP contribution in [0.4, 0.5) is 0 Å². The smallest absolute Gasteiger partial charge is 0.303 e. The fourth-order valence-electron chi connectivity index (χ4n) is 13.7. The van der Waals surface area contributed by atoms with Gasteiger partial charge in [-0.25, -0.2) is 9.97 Å². The zero-order valence-electron chi connectivity index (χ0n) is 61.3. The molecule has 108 heavy (non-hydrogen) atoms. The van der Waals surface area contributed by atoms with Crippen LogP contribution in [-0.2, 0) is 88.3 Å². The lowest BCUT2D eigenvalue weighted by Gasteiger charge is -2.34. The van der Waals surface area contributed by atoms with Crippen molar-refractivity contribution in [3.8, 4) is 5.75 Å². The normalized spacial score (nSPS) is 24.1. The first kappa shape index (κ1) is 82.0. The molecule has 0 spiro atoms. The molecule has 1 aliphatic carbocycles. The number of aliphatic carboxylic acids is 1. The molecular weight excluding hydrogens is 1430 g/mol. The number of thioether (sulfide) groups is 2. The number of fused-ring (bicyclic) bond motifs is 5. The zero-order valence-corrected chi connectivity index (χ0v) is 63.0. The molecule has 2 unspecified atom stereocenters. The van der Waals surface area contributed by atoms with E-state index < -0.39 is 156 Å². The summed E-state index contributed by atoms with van der Waals surface area (Å²) in [5.74, 6) is -8.12. The molecule has 580 valence electrons. The van der Waals surface area contributed by atoms with Crippen LogP contribution in [0.1, 0.15) is 133 Å². The Morgan fingerprint density at radius 3 is 1.81 bits per heavy atom. The molecule has 3 aliphatic rings. The Kier molecular flexibility index (Phi) is 29.7. The summed E-state index contributed by atoms with van der Waals surface area (Å²) in [6.45, 7) is 7.75. The van der Waals surface area contributed by atoms with E-state index in [0.717, 1.165) is 30.4 Å². The largest absolute Gasteiger partial charge is 0.508 e. The summed E-state index contributed by atoms with van der Waals surface area (Å²) in [6, 6.07) is 8.35. The van der Waals surface area contributed by atoms with Crippen molar-refractivity contribution < 1.29 is 72.9 Å². The summed E-state index contributed by atoms with van der Waals surface area (Å²) >= 11 is 3.13. The third-order valence-electron chi connectivity index (χ3n) is 19.5. The number of carbonyl (C=O) groups is 12. The Balaban J connectivity index is 0.997. The number of phenols is 1. The molecule has 0 radical (unpaired) electrons. The van der Waals surface area contributed by atoms with Gasteiger partial charge in [-0.2, -0.15) is 23.5 Å². The number of rotatable bonds is 12. The van der Waals surface area contributed by atoms with E-state index in [9.17, 15) is 68.1 Å². The molecule has 1 saturated carbocycles. The van der Waals surface area contributed by atoms with Gasteiger partial charge in [0.2, 0.25) is 65.0 Å². The third-order valence-corrected chi connectivity index (χ3v) is 21.6. The van der Waals surface area contributed by atoms with Crippen LogP contribution in [0, 0.1) is 11.3 Å². The second kappa shape index (κ2) is 39.2. The zero-order chi connectivity index (χ0) is 77.6. The topological polar surface area (TPSA) is 446 Å². The number of benzene rings is 2. The predicted octanol–water partition coefficient (Wildman–Crippen LogP) is 3.13. The number of aliphatic hydroxyl groups is 1. The van der Waals surface area contributed by atoms with Gasteiger partial charge in [0.15, 0.2) is 0 Å². The van der Waals surface area contributed by atoms with Crippen molar-refractivity contribution in [2.75, 3.05) is 31.1 Å². The summed E-state index contributed by atoms with van der Waals surface area (Å²) < 4.78 is 0. The standard InChI is InChI=1S/C76H99N15O15S2/c1-6-53-67(98)79-30-33-108-42-46-15-10-14-45(34-46)41-107-32-27-59(94)88-64(76(3,4)5)74(105)87-57(35-44-21-23-50(93)24-22-44)75(106)91-31-13-20-58(91)71(102)89-62(43(2)92)72(103)86-56(37-49-39-81-66-52(49)19-12-29-78-66)69(100)85-54(25-26-61(96)97)68(99)82-40-60(95)83-55(36-48-38-80-65-51(48)18-11-28-77-65)70(101)90-63(73(104)84-53)47-16-8-7-9-17-47/h10-12,14-15,18-19,21-24,28-29,34,38-39,43,47,53-58,62-64,92-93H,6-9,13,16-17,20,25-27,30-33,35-37,40-42H2,1-5H3,(H,77,80)(H,78,81)(H,79,98)(H,82,99)(H,83,95)(H,84,104)(H,85,100)(H,86,103)(H,87,105)(H,88,94)(H,89,102)(H,90,101)(H,96,97)/t43-,53+,54+,55+,56+,57+,58-,62+,63?,64?/m1/s1. The first-order valence-corrected chi connectivity index (χ1v) is 39.0. The molecule has 11 amide bonds. The van der Waals surface area contributed by atoms with Gasteiger partial charge in [0.05, 0.1) is 12.6 Å². The summed E-state index contributed by atoms with van der Waals surface area (Å²) in [6.07, 6.45) is 7.08. The van der Waals surface area contributed by atoms with Crippen LogP contribution in [-0.4, -0.2) is 203 Å². The number of aromatic amines is 2. The van der Waals surface area contributed by atoms with E-state index in [-0.39, 0.29) is 63.3 Å². The lowest BCUT2D eigenvalue weighted by molar-refractivity contribution is -0.143. The minimum absolute atomic E-state index is 0.0255. The molecule has 2 bridgehead atoms. The van der Waals surface area contributed by atoms with Crippen LogP contribution in [0.5, 0.6) is 5.75 Å². The molecule has 9 rings (SSSR count). The van der Waals surface area contributed by atoms with Crippen molar-refractivity contribution in [2.45, 2.75) is 196 Å². The van der Waals surface area contributed by atoms with Crippen LogP contribution >= 0.6 is 23.5 Å². The van der Waals surface area contributed by atoms with E-state index in [0.29, 0.717) is 81.0 Å². The summed E-state index contributed by atoms with van der Waals surface area (Å²) in [4.78, 5) is 188. The Bertz CT molecular complexity index is 4180. The van der Waals surface area contributed by atoms with E-state index in [1.54, 1.807) is 88.2 Å². The van der Waals surface area contributed by atoms with Crippen molar-refractivity contribution >= 4 is 117 Å². The van der Waals surface area contributed by atoms with Crippen LogP contribution < -0.4 is 53.2 Å². The maximum atomic E-state index is 15.0. The molecule has 10 atom stereocenters. The molecular formula is C76H99N15O15S2. The highest BCUT2D eigenvalue weighted by molar-refractivity contribution is 7.98. The molecule has 30 nitrogen and oxygen atoms in total. The van der Waals surface area contributed by atoms with Gasteiger partial charge in [0.25, 0.3) is 0 Å². The third kappa shape index (κ3) is 23.2. The number of phenolic OH excluding ortho intramolecular Hbond substituents is 1. The number of amides is 11. The minimum atomic E-state index is -1.81. The number of carbonyl (C=O) groups excluding carboxylic acids is 11. The predicted molar refractivity (Wildman–Crippen MR) is 406 cm³/mol. The Morgan fingerprint density at radius 1 is 0.593 bits per heavy atom. The lowest BCUT2D eigenvalue weighted by atomic mass is 9.83. The second-order valence-corrected chi connectivity index (χ2v) is 31.0. The number of aliphatic hydroxyl groups excluding tert-OH is 1. The van der Waals surface area contributed by atoms with Crippen molar-refractivity contribution in [1.82, 2.24) is 78.0 Å². The SMILES string of the molecule is CC[C@@H]1NC(=O)C(C2CCCCC2)NC(=O)[C@H](Cc2c[nH]c3ncccc23)NC(=O)CNC(=O)[C@H](CCC(=O)O)NC(=O)[C@H](Cc2c[nH]c3ncccc23)NC(=O)[C@H]([C@@H](C)O)NC(=O)[C@H]2CCCN2C(=O)[C@H](Cc2ccc(O)cc2)NC(=O)C(C(C)(C)C)NC(=O)CCSCc2cccc(c2)CSCCNC1=O. The molecule has 4 aromatic heterocycles. The van der Waals surface area contributed by atoms with Gasteiger partial charge >= 0.3 is 5.97 Å². The monoisotopic (exact) mass is 1530 g/mol. The summed E-state index contributed by atoms with van der Waals surface area (Å²) in [5.41, 5.74) is 3.59. The average molecular weight is 1530 g/mol. The quantitative estimate of drug-likeness (QED) is 0.0837. The molecule has 1 saturated heterocycles. The number of aromatic hydroxyl groups is 1. The number of carboxylic acids is 1. The highest BCUT2D eigenvalue weighted by Crippen LogP contribution is 2.29. The van der Waals surface area contributed by atoms with Gasteiger partial charge in [-0.3, -0.25) is 57.5 Å². The fourth-order valence-corrected chi connectivity index (χ4v) is 15.4. The van der Waals surface area contributed by atoms with Crippen LogP contribution in [0.3, 0.4) is 0 Å². The number of pyridine rings is 2. The maximum absolute atomic E-state index is 15.0. The van der Waals surface area contributed by atoms with Gasteiger partial charge in [-0.15, -0.1) is 0 Å². The van der Waals surface area contributed by atoms with Crippen LogP contribution in [0.25, 0.3) is 22.1 Å². The Labute approximate surface area is 634 Å². The van der Waals surface area contributed by atoms with Crippen molar-refractivity contribution in [3.63, 3.8) is 0 Å². The first-order chi connectivity index (χ1) is 51.7. The lowest BCUT2D eigenvalue weighted by Crippen LogP contribution is -2.62. The number of H-pyrrole nitrogens is 2. The number of nitrogens with one attached hydrogen (secondary N) is 12. The number of nitrogens with zero attached hydrogens (tertiary/aromatic N) is 3. The second-order valence-electron chi connectivity index (χ2n) is 28.8. The number of carboxylic acid groups (broad SMARTS) is 1. The fraction of sp³-hybridized carbons (Fsp3) is 0.500. The van der Waals surface area contributed by atoms with Gasteiger partial charge in [-0.1, -0.05) is 83.4 Å². The molecule has 2 fully saturated rings. The van der Waals surface area contributed by atoms with Crippen molar-refractivity contribution in [3.05, 3.63) is 125 Å². The van der Waals surface area contributed by atoms with Crippen LogP contribution in [0.15, 0.2) is 97.6 Å². The molecule has 6 aromatic rings. The highest BCUT2D eigenvalue weighted by Gasteiger charge is 2.43. The Hall–Kier alpha value is -10.1. The van der Waals surface area contributed by atoms with Gasteiger partial charge < -0.3 is 83.4 Å². The Morgan fingerprint density at radius 2 is 1.19 bits per heavy atom. The summed E-state index contributed by atoms with van der Waals surface area (Å²) in [5, 5.41) is 60.0. The van der Waals surface area contributed by atoms with Crippen molar-refractivity contribution in [1.29, 1.82) is 0 Å². The molecule has 6 heterocycles. The number of hydrogen-bond donors (Lipinski definition) is 15. The maximum Gasteiger partial charge on any atom is 0.303 e. The van der Waals surface area contributed by atoms with Crippen LogP contribution in [0.2, 0.25) is 0 Å². The van der Waals surface area contributed by atoms with E-state index in [4.69, 9.17) is 0 Å². The highest BCUT2D eigenvalue weighted by atomic mass is 32.2. The van der Waals surface area contributed by atoms with E-state index >= 15 is 4.79 Å².